The van der Waals surface area contributed by atoms with Crippen LogP contribution in [-0.2, 0) is 11.3 Å². The van der Waals surface area contributed by atoms with Crippen molar-refractivity contribution in [3.63, 3.8) is 0 Å². The zero-order valence-corrected chi connectivity index (χ0v) is 16.9. The maximum atomic E-state index is 12.9. The molecule has 0 radical (unpaired) electrons. The van der Waals surface area contributed by atoms with E-state index in [1.54, 1.807) is 11.2 Å². The highest BCUT2D eigenvalue weighted by Crippen LogP contribution is 2.29. The molecule has 1 amide bonds. The second-order valence-corrected chi connectivity index (χ2v) is 7.57. The van der Waals surface area contributed by atoms with Gasteiger partial charge in [-0.05, 0) is 50.5 Å². The highest BCUT2D eigenvalue weighted by atomic mass is 16.2. The molecule has 0 N–H and O–H groups in total. The van der Waals surface area contributed by atoms with Crippen molar-refractivity contribution in [2.75, 3.05) is 0 Å². The third kappa shape index (κ3) is 3.97. The molecule has 2 aromatic heterocycles. The number of nitrogens with zero attached hydrogens (tertiary/aromatic N) is 5. The summed E-state index contributed by atoms with van der Waals surface area (Å²) < 4.78 is 1.99. The van der Waals surface area contributed by atoms with Crippen LogP contribution in [0.25, 0.3) is 10.9 Å². The molecule has 0 bridgehead atoms. The summed E-state index contributed by atoms with van der Waals surface area (Å²) in [6, 6.07) is 10.2. The average molecular weight is 387 g/mol. The van der Waals surface area contributed by atoms with Gasteiger partial charge in [0.15, 0.2) is 0 Å². The number of carbonyl (C=O) groups is 1. The predicted octanol–water partition coefficient (Wildman–Crippen LogP) is 4.34. The molecule has 1 aromatic carbocycles. The van der Waals surface area contributed by atoms with Crippen LogP contribution in [0, 0.1) is 13.8 Å². The highest BCUT2D eigenvalue weighted by molar-refractivity contribution is 5.94. The molecule has 3 heterocycles. The van der Waals surface area contributed by atoms with Gasteiger partial charge in [0.2, 0.25) is 0 Å². The van der Waals surface area contributed by atoms with E-state index in [-0.39, 0.29) is 11.9 Å². The Morgan fingerprint density at radius 2 is 2.07 bits per heavy atom. The summed E-state index contributed by atoms with van der Waals surface area (Å²) >= 11 is 0. The molecule has 0 aliphatic carbocycles. The van der Waals surface area contributed by atoms with Crippen LogP contribution in [0.2, 0.25) is 0 Å². The quantitative estimate of drug-likeness (QED) is 0.591. The summed E-state index contributed by atoms with van der Waals surface area (Å²) in [5.74, 6) is -0.120. The van der Waals surface area contributed by atoms with Gasteiger partial charge >= 0.3 is 0 Å². The van der Waals surface area contributed by atoms with Gasteiger partial charge in [-0.3, -0.25) is 14.5 Å². The molecule has 0 fully saturated rings. The summed E-state index contributed by atoms with van der Waals surface area (Å²) in [6.07, 6.45) is 7.60. The van der Waals surface area contributed by atoms with Crippen molar-refractivity contribution in [2.24, 2.45) is 5.10 Å². The molecule has 148 valence electrons. The Balaban J connectivity index is 1.37. The Bertz CT molecular complexity index is 1080. The molecule has 0 saturated carbocycles. The van der Waals surface area contributed by atoms with E-state index >= 15 is 0 Å². The third-order valence-corrected chi connectivity index (χ3v) is 5.31. The van der Waals surface area contributed by atoms with Gasteiger partial charge in [0.1, 0.15) is 0 Å². The molecule has 1 aliphatic heterocycles. The van der Waals surface area contributed by atoms with Crippen molar-refractivity contribution in [2.45, 2.75) is 45.7 Å². The van der Waals surface area contributed by atoms with Crippen molar-refractivity contribution in [1.29, 1.82) is 0 Å². The standard InChI is InChI=1S/C23H25N5O/c1-16-6-9-21-20(13-16)15-26-27(21)12-4-5-17(2)23(29)28-22(10-11-25-28)19-8-7-18(3)24-14-19/h6-9,11,13-15,22H,2,4-5,10,12H2,1,3H3. The molecular formula is C23H25N5O. The summed E-state index contributed by atoms with van der Waals surface area (Å²) in [4.78, 5) is 17.3. The van der Waals surface area contributed by atoms with Crippen LogP contribution in [0.1, 0.15) is 42.1 Å². The van der Waals surface area contributed by atoms with Crippen molar-refractivity contribution >= 4 is 23.0 Å². The number of hydrogen-bond acceptors (Lipinski definition) is 4. The third-order valence-electron chi connectivity index (χ3n) is 5.31. The minimum Gasteiger partial charge on any atom is -0.268 e. The van der Waals surface area contributed by atoms with E-state index in [1.807, 2.05) is 36.1 Å². The maximum Gasteiger partial charge on any atom is 0.269 e. The monoisotopic (exact) mass is 387 g/mol. The Kier molecular flexibility index (Phi) is 5.25. The first kappa shape index (κ1) is 19.1. The summed E-state index contributed by atoms with van der Waals surface area (Å²) in [5.41, 5.74) is 4.86. The molecule has 29 heavy (non-hydrogen) atoms. The van der Waals surface area contributed by atoms with Crippen molar-refractivity contribution < 1.29 is 4.79 Å². The molecule has 3 aromatic rings. The number of hydrazone groups is 1. The molecule has 0 spiro atoms. The highest BCUT2D eigenvalue weighted by Gasteiger charge is 2.29. The zero-order valence-electron chi connectivity index (χ0n) is 16.9. The van der Waals surface area contributed by atoms with Crippen LogP contribution in [0.3, 0.4) is 0 Å². The number of pyridine rings is 1. The fourth-order valence-electron chi connectivity index (χ4n) is 3.66. The van der Waals surface area contributed by atoms with Crippen molar-refractivity contribution in [3.8, 4) is 0 Å². The zero-order chi connectivity index (χ0) is 20.4. The van der Waals surface area contributed by atoms with Crippen LogP contribution in [0.5, 0.6) is 0 Å². The van der Waals surface area contributed by atoms with E-state index in [0.717, 1.165) is 35.1 Å². The van der Waals surface area contributed by atoms with Gasteiger partial charge in [-0.2, -0.15) is 10.2 Å². The molecule has 0 saturated heterocycles. The van der Waals surface area contributed by atoms with Gasteiger partial charge in [-0.15, -0.1) is 0 Å². The second-order valence-electron chi connectivity index (χ2n) is 7.57. The molecular weight excluding hydrogens is 362 g/mol. The first-order chi connectivity index (χ1) is 14.0. The Labute approximate surface area is 170 Å². The van der Waals surface area contributed by atoms with Crippen LogP contribution in [0.15, 0.2) is 60.0 Å². The van der Waals surface area contributed by atoms with Crippen LogP contribution < -0.4 is 0 Å². The van der Waals surface area contributed by atoms with Crippen LogP contribution >= 0.6 is 0 Å². The van der Waals surface area contributed by atoms with Gasteiger partial charge in [0.25, 0.3) is 5.91 Å². The average Bonchev–Trinajstić information content (AvgIpc) is 3.35. The number of rotatable bonds is 6. The van der Waals surface area contributed by atoms with Crippen molar-refractivity contribution in [1.82, 2.24) is 19.8 Å². The molecule has 6 heteroatoms. The predicted molar refractivity (Wildman–Crippen MR) is 115 cm³/mol. The molecule has 4 rings (SSSR count). The molecule has 1 unspecified atom stereocenters. The first-order valence-electron chi connectivity index (χ1n) is 9.91. The van der Waals surface area contributed by atoms with E-state index < -0.39 is 0 Å². The number of amides is 1. The van der Waals surface area contributed by atoms with E-state index in [9.17, 15) is 4.79 Å². The van der Waals surface area contributed by atoms with Crippen LogP contribution in [-0.4, -0.2) is 31.9 Å². The molecule has 1 aliphatic rings. The Morgan fingerprint density at radius 3 is 2.86 bits per heavy atom. The largest absolute Gasteiger partial charge is 0.269 e. The molecule has 6 nitrogen and oxygen atoms in total. The minimum atomic E-state index is -0.120. The summed E-state index contributed by atoms with van der Waals surface area (Å²) in [6.45, 7) is 8.79. The van der Waals surface area contributed by atoms with Gasteiger partial charge in [0, 0.05) is 42.0 Å². The van der Waals surface area contributed by atoms with Gasteiger partial charge in [0.05, 0.1) is 17.8 Å². The number of benzene rings is 1. The lowest BCUT2D eigenvalue weighted by molar-refractivity contribution is -0.129. The lowest BCUT2D eigenvalue weighted by Crippen LogP contribution is -2.28. The number of hydrogen-bond donors (Lipinski definition) is 0. The Hall–Kier alpha value is -3.28. The lowest BCUT2D eigenvalue weighted by atomic mass is 10.0. The van der Waals surface area contributed by atoms with Gasteiger partial charge in [-0.25, -0.2) is 5.01 Å². The van der Waals surface area contributed by atoms with E-state index in [2.05, 4.69) is 46.9 Å². The molecule has 1 atom stereocenters. The topological polar surface area (TPSA) is 63.4 Å². The van der Waals surface area contributed by atoms with E-state index in [0.29, 0.717) is 18.4 Å². The number of fused-ring (bicyclic) bond motifs is 1. The van der Waals surface area contributed by atoms with E-state index in [1.165, 1.54) is 5.56 Å². The first-order valence-corrected chi connectivity index (χ1v) is 9.91. The smallest absolute Gasteiger partial charge is 0.268 e. The summed E-state index contributed by atoms with van der Waals surface area (Å²) in [7, 11) is 0. The SMILES string of the molecule is C=C(CCCn1ncc2cc(C)ccc21)C(=O)N1N=CCC1c1ccc(C)nc1. The fourth-order valence-corrected chi connectivity index (χ4v) is 3.66. The van der Waals surface area contributed by atoms with Gasteiger partial charge < -0.3 is 0 Å². The fraction of sp³-hybridized carbons (Fsp3) is 0.304. The second kappa shape index (κ2) is 7.99. The lowest BCUT2D eigenvalue weighted by Gasteiger charge is -2.23. The number of aromatic nitrogens is 3. The normalized spacial score (nSPS) is 15.9. The maximum absolute atomic E-state index is 12.9. The van der Waals surface area contributed by atoms with Crippen molar-refractivity contribution in [3.05, 3.63) is 71.7 Å². The summed E-state index contributed by atoms with van der Waals surface area (Å²) in [5, 5.41) is 11.5. The van der Waals surface area contributed by atoms with Gasteiger partial charge in [-0.1, -0.05) is 24.3 Å². The minimum absolute atomic E-state index is 0.106. The number of aryl methyl sites for hydroxylation is 3. The van der Waals surface area contributed by atoms with E-state index in [4.69, 9.17) is 0 Å². The number of carbonyl (C=O) groups excluding carboxylic acids is 1. The Morgan fingerprint density at radius 1 is 1.21 bits per heavy atom. The van der Waals surface area contributed by atoms with Crippen LogP contribution in [0.4, 0.5) is 0 Å².